The van der Waals surface area contributed by atoms with E-state index in [4.69, 9.17) is 4.74 Å². The summed E-state index contributed by atoms with van der Waals surface area (Å²) in [4.78, 5) is 29.2. The number of hydrogen-bond donors (Lipinski definition) is 1. The quantitative estimate of drug-likeness (QED) is 0.376. The Hall–Kier alpha value is -1.98. The highest BCUT2D eigenvalue weighted by atomic mass is 16.5. The van der Waals surface area contributed by atoms with Gasteiger partial charge in [0.05, 0.1) is 12.6 Å². The zero-order chi connectivity index (χ0) is 27.2. The number of hydrogen-bond acceptors (Lipinski definition) is 5. The molecule has 2 bridgehead atoms. The number of likely N-dealkylation sites (N-methyl/N-ethyl adjacent to an activating group) is 1. The third kappa shape index (κ3) is 4.71. The number of ketones is 1. The molecule has 3 saturated carbocycles. The number of carbonyl (C=O) groups is 2. The maximum atomic E-state index is 13.6. The second-order valence-electron chi connectivity index (χ2n) is 12.9. The average molecular weight is 510 g/mol. The van der Waals surface area contributed by atoms with Gasteiger partial charge >= 0.3 is 5.97 Å². The van der Waals surface area contributed by atoms with Gasteiger partial charge in [0.2, 0.25) is 0 Å². The molecule has 0 amide bonds. The van der Waals surface area contributed by atoms with Crippen molar-refractivity contribution in [2.75, 3.05) is 13.1 Å². The molecule has 0 aliphatic heterocycles. The van der Waals surface area contributed by atoms with Gasteiger partial charge in [-0.15, -0.1) is 6.58 Å². The third-order valence-corrected chi connectivity index (χ3v) is 10.9. The molecule has 0 spiro atoms. The molecule has 0 unspecified atom stereocenters. The Kier molecular flexibility index (Phi) is 7.80. The molecular formula is C32H47NO4. The Morgan fingerprint density at radius 1 is 1.27 bits per heavy atom. The van der Waals surface area contributed by atoms with Crippen LogP contribution in [0.4, 0.5) is 0 Å². The standard InChI is InChI=1S/C32H47NO4/c1-8-30(6)18-26(37-27(35)20-33(9-2)19-24-12-10-11-21(3)17-24)31(7)22(4)13-15-32(23(5)29(30)36)16-14-25(34)28(31)32/h8,10-12,17,22-23,26,28-29,36H,1,9,13-16,18-20H2,2-7H3/t22-,23+,26-,28+,29+,30-,31+,32+/m1/s1. The van der Waals surface area contributed by atoms with E-state index in [1.165, 1.54) is 11.1 Å². The van der Waals surface area contributed by atoms with Crippen LogP contribution in [-0.4, -0.2) is 47.1 Å². The summed E-state index contributed by atoms with van der Waals surface area (Å²) in [6.07, 6.45) is 4.48. The fourth-order valence-electron chi connectivity index (χ4n) is 8.23. The SMILES string of the molecule is C=C[C@]1(C)C[C@@H](OC(=O)CN(CC)Cc2cccc(C)c2)[C@]2(C)[C@H](C)CC[C@]3(CCC(=O)[C@H]32)[C@@H](C)[C@@H]1O. The van der Waals surface area contributed by atoms with Crippen LogP contribution >= 0.6 is 0 Å². The van der Waals surface area contributed by atoms with Crippen molar-refractivity contribution in [3.63, 3.8) is 0 Å². The van der Waals surface area contributed by atoms with Gasteiger partial charge in [-0.05, 0) is 62.0 Å². The molecule has 3 aliphatic carbocycles. The maximum absolute atomic E-state index is 13.6. The first-order chi connectivity index (χ1) is 17.4. The molecular weight excluding hydrogens is 462 g/mol. The van der Waals surface area contributed by atoms with E-state index in [0.29, 0.717) is 19.4 Å². The number of rotatable bonds is 7. The first-order valence-electron chi connectivity index (χ1n) is 14.2. The first kappa shape index (κ1) is 28.0. The van der Waals surface area contributed by atoms with Crippen LogP contribution in [0, 0.1) is 40.9 Å². The van der Waals surface area contributed by atoms with Crippen molar-refractivity contribution in [1.29, 1.82) is 0 Å². The molecule has 0 aromatic heterocycles. The smallest absolute Gasteiger partial charge is 0.320 e. The lowest BCUT2D eigenvalue weighted by Crippen LogP contribution is -2.63. The summed E-state index contributed by atoms with van der Waals surface area (Å²) in [5.74, 6) is 0.0297. The van der Waals surface area contributed by atoms with Gasteiger partial charge in [-0.1, -0.05) is 70.5 Å². The van der Waals surface area contributed by atoms with Crippen LogP contribution in [0.5, 0.6) is 0 Å². The van der Waals surface area contributed by atoms with Crippen molar-refractivity contribution >= 4 is 11.8 Å². The molecule has 1 N–H and O–H groups in total. The van der Waals surface area contributed by atoms with Gasteiger partial charge in [-0.25, -0.2) is 0 Å². The Morgan fingerprint density at radius 2 is 2.00 bits per heavy atom. The number of nitrogens with zero attached hydrogens (tertiary/aromatic N) is 1. The van der Waals surface area contributed by atoms with E-state index in [9.17, 15) is 14.7 Å². The van der Waals surface area contributed by atoms with Crippen LogP contribution in [0.1, 0.15) is 77.8 Å². The fourth-order valence-corrected chi connectivity index (χ4v) is 8.23. The summed E-state index contributed by atoms with van der Waals surface area (Å²) in [7, 11) is 0. The molecule has 8 atom stereocenters. The van der Waals surface area contributed by atoms with Gasteiger partial charge in [-0.3, -0.25) is 14.5 Å². The fraction of sp³-hybridized carbons (Fsp3) is 0.688. The van der Waals surface area contributed by atoms with Crippen molar-refractivity contribution in [3.05, 3.63) is 48.0 Å². The summed E-state index contributed by atoms with van der Waals surface area (Å²) in [5.41, 5.74) is 1.02. The molecule has 37 heavy (non-hydrogen) atoms. The molecule has 0 saturated heterocycles. The monoisotopic (exact) mass is 509 g/mol. The van der Waals surface area contributed by atoms with Crippen molar-refractivity contribution in [3.8, 4) is 0 Å². The van der Waals surface area contributed by atoms with Gasteiger partial charge in [0.1, 0.15) is 11.9 Å². The van der Waals surface area contributed by atoms with Crippen LogP contribution in [0.3, 0.4) is 0 Å². The first-order valence-corrected chi connectivity index (χ1v) is 14.2. The predicted octanol–water partition coefficient (Wildman–Crippen LogP) is 5.72. The van der Waals surface area contributed by atoms with Gasteiger partial charge in [-0.2, -0.15) is 0 Å². The molecule has 3 aliphatic rings. The lowest BCUT2D eigenvalue weighted by atomic mass is 9.44. The number of esters is 1. The van der Waals surface area contributed by atoms with Crippen molar-refractivity contribution < 1.29 is 19.4 Å². The van der Waals surface area contributed by atoms with Gasteiger partial charge in [0, 0.05) is 29.7 Å². The van der Waals surface area contributed by atoms with E-state index in [2.05, 4.69) is 64.3 Å². The number of ether oxygens (including phenoxy) is 1. The highest BCUT2D eigenvalue weighted by Gasteiger charge is 2.68. The number of Topliss-reactive ketones (excluding diaryl/α,β-unsaturated/α-hetero) is 1. The molecule has 1 aromatic rings. The van der Waals surface area contributed by atoms with E-state index < -0.39 is 23.0 Å². The predicted molar refractivity (Wildman–Crippen MR) is 147 cm³/mol. The molecule has 0 radical (unpaired) electrons. The van der Waals surface area contributed by atoms with E-state index >= 15 is 0 Å². The minimum atomic E-state index is -0.647. The van der Waals surface area contributed by atoms with Crippen LogP contribution in [0.15, 0.2) is 36.9 Å². The molecule has 4 rings (SSSR count). The summed E-state index contributed by atoms with van der Waals surface area (Å²) in [6.45, 7) is 18.4. The van der Waals surface area contributed by atoms with Gasteiger partial charge in [0.25, 0.3) is 0 Å². The van der Waals surface area contributed by atoms with E-state index in [-0.39, 0.29) is 41.5 Å². The molecule has 0 heterocycles. The van der Waals surface area contributed by atoms with Gasteiger partial charge < -0.3 is 9.84 Å². The van der Waals surface area contributed by atoms with Crippen LogP contribution in [0.25, 0.3) is 0 Å². The number of aryl methyl sites for hydroxylation is 1. The van der Waals surface area contributed by atoms with E-state index in [1.807, 2.05) is 19.1 Å². The van der Waals surface area contributed by atoms with Crippen LogP contribution < -0.4 is 0 Å². The Bertz CT molecular complexity index is 1040. The van der Waals surface area contributed by atoms with E-state index in [1.54, 1.807) is 0 Å². The Labute approximate surface area is 223 Å². The number of carbonyl (C=O) groups excluding carboxylic acids is 2. The number of aliphatic hydroxyl groups excluding tert-OH is 1. The van der Waals surface area contributed by atoms with Crippen LogP contribution in [-0.2, 0) is 20.9 Å². The summed E-state index contributed by atoms with van der Waals surface area (Å²) in [6, 6.07) is 8.36. The van der Waals surface area contributed by atoms with Crippen LogP contribution in [0.2, 0.25) is 0 Å². The molecule has 1 aromatic carbocycles. The van der Waals surface area contributed by atoms with E-state index in [0.717, 1.165) is 25.8 Å². The molecule has 5 nitrogen and oxygen atoms in total. The molecule has 204 valence electrons. The highest BCUT2D eigenvalue weighted by molar-refractivity contribution is 5.85. The number of benzene rings is 1. The average Bonchev–Trinajstić information content (AvgIpc) is 3.22. The zero-order valence-electron chi connectivity index (χ0n) is 23.8. The summed E-state index contributed by atoms with van der Waals surface area (Å²) >= 11 is 0. The van der Waals surface area contributed by atoms with Gasteiger partial charge in [0.15, 0.2) is 0 Å². The normalized spacial score (nSPS) is 39.6. The highest BCUT2D eigenvalue weighted by Crippen LogP contribution is 2.68. The third-order valence-electron chi connectivity index (χ3n) is 10.9. The maximum Gasteiger partial charge on any atom is 0.320 e. The second kappa shape index (κ2) is 10.3. The number of aliphatic hydroxyl groups is 1. The lowest BCUT2D eigenvalue weighted by Gasteiger charge is -2.61. The minimum Gasteiger partial charge on any atom is -0.461 e. The summed E-state index contributed by atoms with van der Waals surface area (Å²) < 4.78 is 6.42. The largest absolute Gasteiger partial charge is 0.461 e. The molecule has 5 heteroatoms. The summed E-state index contributed by atoms with van der Waals surface area (Å²) in [5, 5.41) is 11.7. The van der Waals surface area contributed by atoms with Crippen molar-refractivity contribution in [1.82, 2.24) is 4.90 Å². The zero-order valence-corrected chi connectivity index (χ0v) is 23.8. The topological polar surface area (TPSA) is 66.8 Å². The second-order valence-corrected chi connectivity index (χ2v) is 12.9. The minimum absolute atomic E-state index is 0.0275. The lowest BCUT2D eigenvalue weighted by molar-refractivity contribution is -0.207. The Balaban J connectivity index is 1.65. The molecule has 3 fully saturated rings. The Morgan fingerprint density at radius 3 is 2.65 bits per heavy atom. The van der Waals surface area contributed by atoms with Crippen molar-refractivity contribution in [2.45, 2.75) is 92.4 Å². The van der Waals surface area contributed by atoms with Crippen molar-refractivity contribution in [2.24, 2.45) is 34.0 Å².